The van der Waals surface area contributed by atoms with Crippen molar-refractivity contribution >= 4 is 5.71 Å². The average molecular weight is 249 g/mol. The second kappa shape index (κ2) is 5.83. The summed E-state index contributed by atoms with van der Waals surface area (Å²) in [5.41, 5.74) is 3.96. The van der Waals surface area contributed by atoms with E-state index in [0.29, 0.717) is 0 Å². The molecule has 0 radical (unpaired) electrons. The van der Waals surface area contributed by atoms with Crippen LogP contribution in [0.25, 0.3) is 0 Å². The molecule has 0 atom stereocenters. The third-order valence-corrected chi connectivity index (χ3v) is 3.72. The van der Waals surface area contributed by atoms with Crippen molar-refractivity contribution in [1.82, 2.24) is 0 Å². The highest BCUT2D eigenvalue weighted by Gasteiger charge is 2.15. The summed E-state index contributed by atoms with van der Waals surface area (Å²) in [6.45, 7) is 0. The minimum absolute atomic E-state index is 0.162. The van der Waals surface area contributed by atoms with E-state index in [1.165, 1.54) is 42.5 Å². The molecule has 1 aliphatic carbocycles. The first kappa shape index (κ1) is 12.2. The van der Waals surface area contributed by atoms with Gasteiger partial charge in [-0.25, -0.2) is 0 Å². The predicted molar refractivity (Wildman–Crippen MR) is 80.6 cm³/mol. The van der Waals surface area contributed by atoms with Gasteiger partial charge in [0.15, 0.2) is 0 Å². The fourth-order valence-electron chi connectivity index (χ4n) is 2.71. The molecule has 0 bridgehead atoms. The normalized spacial score (nSPS) is 14.9. The van der Waals surface area contributed by atoms with Crippen LogP contribution >= 0.6 is 0 Å². The third-order valence-electron chi connectivity index (χ3n) is 3.72. The van der Waals surface area contributed by atoms with Gasteiger partial charge in [-0.05, 0) is 36.8 Å². The largest absolute Gasteiger partial charge is 0.281 e. The zero-order valence-corrected chi connectivity index (χ0v) is 11.1. The third kappa shape index (κ3) is 2.93. The molecule has 1 fully saturated rings. The Morgan fingerprint density at radius 1 is 0.684 bits per heavy atom. The molecule has 1 heteroatoms. The monoisotopic (exact) mass is 249 g/mol. The van der Waals surface area contributed by atoms with Crippen molar-refractivity contribution in [1.29, 1.82) is 0 Å². The standard InChI is InChI=1S/C18H19N/c1-3-9-15(10-4-1)18(16-11-5-2-6-12-16)19-17-13-7-8-14-17/h1-6,9-12,18H,7-8,13-14H2. The molecule has 0 unspecified atom stereocenters. The lowest BCUT2D eigenvalue weighted by Crippen LogP contribution is -2.02. The molecule has 3 rings (SSSR count). The molecule has 0 saturated heterocycles. The Morgan fingerprint density at radius 2 is 1.16 bits per heavy atom. The maximum atomic E-state index is 5.03. The molecule has 1 saturated carbocycles. The van der Waals surface area contributed by atoms with Gasteiger partial charge in [-0.3, -0.25) is 4.99 Å². The van der Waals surface area contributed by atoms with Crippen LogP contribution in [0, 0.1) is 0 Å². The summed E-state index contributed by atoms with van der Waals surface area (Å²) in [5.74, 6) is 0. The zero-order valence-electron chi connectivity index (χ0n) is 11.1. The van der Waals surface area contributed by atoms with E-state index in [4.69, 9.17) is 4.99 Å². The first-order valence-electron chi connectivity index (χ1n) is 7.09. The van der Waals surface area contributed by atoms with Crippen LogP contribution in [0.3, 0.4) is 0 Å². The first-order valence-corrected chi connectivity index (χ1v) is 7.09. The van der Waals surface area contributed by atoms with E-state index in [0.717, 1.165) is 0 Å². The van der Waals surface area contributed by atoms with Crippen LogP contribution in [0.5, 0.6) is 0 Å². The number of aliphatic imine (C=N–C) groups is 1. The molecule has 19 heavy (non-hydrogen) atoms. The van der Waals surface area contributed by atoms with E-state index >= 15 is 0 Å². The summed E-state index contributed by atoms with van der Waals surface area (Å²) in [7, 11) is 0. The quantitative estimate of drug-likeness (QED) is 0.741. The number of rotatable bonds is 3. The Bertz CT molecular complexity index is 495. The topological polar surface area (TPSA) is 12.4 Å². The first-order chi connectivity index (χ1) is 9.43. The molecule has 0 heterocycles. The van der Waals surface area contributed by atoms with Gasteiger partial charge < -0.3 is 0 Å². The number of benzene rings is 2. The van der Waals surface area contributed by atoms with Crippen LogP contribution < -0.4 is 0 Å². The molecule has 96 valence electrons. The van der Waals surface area contributed by atoms with Gasteiger partial charge in [0, 0.05) is 5.71 Å². The maximum absolute atomic E-state index is 5.03. The Labute approximate surface area is 115 Å². The predicted octanol–water partition coefficient (Wildman–Crippen LogP) is 4.79. The maximum Gasteiger partial charge on any atom is 0.0998 e. The summed E-state index contributed by atoms with van der Waals surface area (Å²) in [6.07, 6.45) is 4.95. The van der Waals surface area contributed by atoms with Crippen molar-refractivity contribution in [2.75, 3.05) is 0 Å². The van der Waals surface area contributed by atoms with E-state index in [1.54, 1.807) is 0 Å². The minimum atomic E-state index is 0.162. The van der Waals surface area contributed by atoms with Crippen molar-refractivity contribution in [2.24, 2.45) is 4.99 Å². The molecule has 2 aromatic carbocycles. The highest BCUT2D eigenvalue weighted by atomic mass is 14.8. The number of hydrogen-bond donors (Lipinski definition) is 0. The molecule has 1 aliphatic rings. The highest BCUT2D eigenvalue weighted by molar-refractivity contribution is 5.86. The van der Waals surface area contributed by atoms with Crippen molar-refractivity contribution in [3.8, 4) is 0 Å². The Morgan fingerprint density at radius 3 is 1.63 bits per heavy atom. The summed E-state index contributed by atoms with van der Waals surface area (Å²) in [5, 5.41) is 0. The van der Waals surface area contributed by atoms with Gasteiger partial charge in [0.25, 0.3) is 0 Å². The molecular weight excluding hydrogens is 230 g/mol. The summed E-state index contributed by atoms with van der Waals surface area (Å²) in [6, 6.07) is 21.4. The molecular formula is C18H19N. The van der Waals surface area contributed by atoms with Gasteiger partial charge >= 0.3 is 0 Å². The van der Waals surface area contributed by atoms with Crippen LogP contribution in [-0.4, -0.2) is 5.71 Å². The SMILES string of the molecule is c1ccc(C(N=C2CCCC2)c2ccccc2)cc1. The van der Waals surface area contributed by atoms with Crippen LogP contribution in [0.15, 0.2) is 65.7 Å². The molecule has 2 aromatic rings. The van der Waals surface area contributed by atoms with Gasteiger partial charge in [-0.15, -0.1) is 0 Å². The van der Waals surface area contributed by atoms with Crippen LogP contribution in [0.4, 0.5) is 0 Å². The van der Waals surface area contributed by atoms with Crippen LogP contribution in [-0.2, 0) is 0 Å². The van der Waals surface area contributed by atoms with Gasteiger partial charge in [0.2, 0.25) is 0 Å². The smallest absolute Gasteiger partial charge is 0.0998 e. The molecule has 0 amide bonds. The van der Waals surface area contributed by atoms with E-state index in [9.17, 15) is 0 Å². The lowest BCUT2D eigenvalue weighted by Gasteiger charge is -2.15. The van der Waals surface area contributed by atoms with Crippen LogP contribution in [0.2, 0.25) is 0 Å². The Balaban J connectivity index is 1.98. The van der Waals surface area contributed by atoms with Crippen molar-refractivity contribution in [3.63, 3.8) is 0 Å². The van der Waals surface area contributed by atoms with Crippen molar-refractivity contribution < 1.29 is 0 Å². The molecule has 0 N–H and O–H groups in total. The van der Waals surface area contributed by atoms with Gasteiger partial charge in [-0.1, -0.05) is 60.7 Å². The molecule has 0 aromatic heterocycles. The van der Waals surface area contributed by atoms with Gasteiger partial charge in [0.05, 0.1) is 6.04 Å². The van der Waals surface area contributed by atoms with E-state index in [2.05, 4.69) is 60.7 Å². The van der Waals surface area contributed by atoms with Crippen molar-refractivity contribution in [2.45, 2.75) is 31.7 Å². The molecule has 0 spiro atoms. The lowest BCUT2D eigenvalue weighted by atomic mass is 9.99. The summed E-state index contributed by atoms with van der Waals surface area (Å²) in [4.78, 5) is 5.03. The Kier molecular flexibility index (Phi) is 3.73. The van der Waals surface area contributed by atoms with E-state index in [-0.39, 0.29) is 6.04 Å². The number of hydrogen-bond acceptors (Lipinski definition) is 1. The van der Waals surface area contributed by atoms with E-state index in [1.807, 2.05) is 0 Å². The zero-order chi connectivity index (χ0) is 12.9. The van der Waals surface area contributed by atoms with Gasteiger partial charge in [-0.2, -0.15) is 0 Å². The lowest BCUT2D eigenvalue weighted by molar-refractivity contribution is 0.865. The molecule has 0 aliphatic heterocycles. The molecule has 1 nitrogen and oxygen atoms in total. The Hall–Kier alpha value is -1.89. The van der Waals surface area contributed by atoms with Crippen LogP contribution in [0.1, 0.15) is 42.9 Å². The second-order valence-electron chi connectivity index (χ2n) is 5.13. The summed E-state index contributed by atoms with van der Waals surface area (Å²) < 4.78 is 0. The number of nitrogens with zero attached hydrogens (tertiary/aromatic N) is 1. The summed E-state index contributed by atoms with van der Waals surface area (Å²) >= 11 is 0. The van der Waals surface area contributed by atoms with E-state index < -0.39 is 0 Å². The fraction of sp³-hybridized carbons (Fsp3) is 0.278. The fourth-order valence-corrected chi connectivity index (χ4v) is 2.71. The average Bonchev–Trinajstić information content (AvgIpc) is 3.00. The second-order valence-corrected chi connectivity index (χ2v) is 5.13. The van der Waals surface area contributed by atoms with Gasteiger partial charge in [0.1, 0.15) is 0 Å². The minimum Gasteiger partial charge on any atom is -0.281 e. The van der Waals surface area contributed by atoms with Crippen molar-refractivity contribution in [3.05, 3.63) is 71.8 Å². The highest BCUT2D eigenvalue weighted by Crippen LogP contribution is 2.28.